The second-order valence-corrected chi connectivity index (χ2v) is 10.8. The summed E-state index contributed by atoms with van der Waals surface area (Å²) < 4.78 is 32.6. The lowest BCUT2D eigenvalue weighted by atomic mass is 9.83. The quantitative estimate of drug-likeness (QED) is 0.558. The van der Waals surface area contributed by atoms with Gasteiger partial charge in [-0.15, -0.1) is 0 Å². The standard InChI is InChI=1S/C23H28Cl2N2O4S/c1-5-23(6-2)14-20(17-9-7-8-10-21(17)31-23)26-22(28)15(3)27(32(4,29)30)16-11-12-18(24)19(25)13-16/h7-13,15,20H,5-6,14H2,1-4H3,(H,26,28)/t15-,20+/m0/s1. The molecule has 1 heterocycles. The number of fused-ring (bicyclic) bond motifs is 1. The molecular weight excluding hydrogens is 471 g/mol. The summed E-state index contributed by atoms with van der Waals surface area (Å²) in [5, 5.41) is 3.57. The molecule has 0 bridgehead atoms. The van der Waals surface area contributed by atoms with E-state index in [1.54, 1.807) is 6.92 Å². The number of hydrogen-bond donors (Lipinski definition) is 1. The number of amides is 1. The van der Waals surface area contributed by atoms with Gasteiger partial charge in [0.15, 0.2) is 0 Å². The summed E-state index contributed by atoms with van der Waals surface area (Å²) in [6.07, 6.45) is 3.24. The third-order valence-corrected chi connectivity index (χ3v) is 8.03. The van der Waals surface area contributed by atoms with Crippen molar-refractivity contribution in [3.05, 3.63) is 58.1 Å². The number of sulfonamides is 1. The average Bonchev–Trinajstić information content (AvgIpc) is 2.75. The number of ether oxygens (including phenoxy) is 1. The van der Waals surface area contributed by atoms with Crippen LogP contribution in [0.4, 0.5) is 5.69 Å². The van der Waals surface area contributed by atoms with Crippen molar-refractivity contribution in [3.63, 3.8) is 0 Å². The predicted octanol–water partition coefficient (Wildman–Crippen LogP) is 5.35. The second kappa shape index (κ2) is 9.49. The van der Waals surface area contributed by atoms with E-state index >= 15 is 0 Å². The molecule has 0 fully saturated rings. The van der Waals surface area contributed by atoms with E-state index < -0.39 is 27.6 Å². The van der Waals surface area contributed by atoms with Crippen LogP contribution < -0.4 is 14.4 Å². The molecular formula is C23H28Cl2N2O4S. The van der Waals surface area contributed by atoms with Gasteiger partial charge < -0.3 is 10.1 Å². The van der Waals surface area contributed by atoms with Crippen LogP contribution in [0.3, 0.4) is 0 Å². The van der Waals surface area contributed by atoms with Crippen LogP contribution in [0.15, 0.2) is 42.5 Å². The number of hydrogen-bond acceptors (Lipinski definition) is 4. The van der Waals surface area contributed by atoms with Gasteiger partial charge in [-0.05, 0) is 44.0 Å². The first-order valence-electron chi connectivity index (χ1n) is 10.5. The fourth-order valence-electron chi connectivity index (χ4n) is 4.15. The Kier molecular flexibility index (Phi) is 7.32. The number of para-hydroxylation sites is 1. The molecule has 2 atom stereocenters. The maximum atomic E-state index is 13.3. The summed E-state index contributed by atoms with van der Waals surface area (Å²) in [5.41, 5.74) is 0.759. The van der Waals surface area contributed by atoms with E-state index in [0.717, 1.165) is 34.7 Å². The SMILES string of the molecule is CCC1(CC)C[C@@H](NC(=O)[C@H](C)N(c2ccc(Cl)c(Cl)c2)S(C)(=O)=O)c2ccccc2O1. The van der Waals surface area contributed by atoms with Crippen molar-refractivity contribution in [2.45, 2.75) is 57.7 Å². The van der Waals surface area contributed by atoms with E-state index in [2.05, 4.69) is 19.2 Å². The van der Waals surface area contributed by atoms with Gasteiger partial charge in [0.25, 0.3) is 0 Å². The van der Waals surface area contributed by atoms with Gasteiger partial charge in [-0.3, -0.25) is 9.10 Å². The van der Waals surface area contributed by atoms with Crippen LogP contribution in [0.2, 0.25) is 10.0 Å². The molecule has 0 spiro atoms. The molecule has 1 aliphatic rings. The number of rotatable bonds is 7. The molecule has 0 aliphatic carbocycles. The lowest BCUT2D eigenvalue weighted by Gasteiger charge is -2.42. The molecule has 0 radical (unpaired) electrons. The van der Waals surface area contributed by atoms with Gasteiger partial charge in [-0.2, -0.15) is 0 Å². The number of anilines is 1. The third kappa shape index (κ3) is 5.00. The minimum Gasteiger partial charge on any atom is -0.487 e. The second-order valence-electron chi connectivity index (χ2n) is 8.13. The zero-order chi connectivity index (χ0) is 23.7. The van der Waals surface area contributed by atoms with E-state index in [4.69, 9.17) is 27.9 Å². The highest BCUT2D eigenvalue weighted by atomic mass is 35.5. The van der Waals surface area contributed by atoms with Crippen LogP contribution in [-0.4, -0.2) is 32.2 Å². The molecule has 1 amide bonds. The Morgan fingerprint density at radius 3 is 2.44 bits per heavy atom. The van der Waals surface area contributed by atoms with Gasteiger partial charge in [-0.25, -0.2) is 8.42 Å². The van der Waals surface area contributed by atoms with E-state index in [9.17, 15) is 13.2 Å². The third-order valence-electron chi connectivity index (χ3n) is 6.05. The van der Waals surface area contributed by atoms with Crippen molar-refractivity contribution in [3.8, 4) is 5.75 Å². The first-order valence-corrected chi connectivity index (χ1v) is 13.1. The number of carbonyl (C=O) groups is 1. The zero-order valence-electron chi connectivity index (χ0n) is 18.6. The summed E-state index contributed by atoms with van der Waals surface area (Å²) in [4.78, 5) is 13.3. The van der Waals surface area contributed by atoms with Crippen LogP contribution in [0, 0.1) is 0 Å². The van der Waals surface area contributed by atoms with Crippen molar-refractivity contribution in [1.29, 1.82) is 0 Å². The molecule has 0 saturated heterocycles. The van der Waals surface area contributed by atoms with Crippen molar-refractivity contribution < 1.29 is 17.9 Å². The molecule has 6 nitrogen and oxygen atoms in total. The summed E-state index contributed by atoms with van der Waals surface area (Å²) >= 11 is 12.1. The Labute approximate surface area is 199 Å². The van der Waals surface area contributed by atoms with Crippen LogP contribution >= 0.6 is 23.2 Å². The minimum atomic E-state index is -3.78. The summed E-state index contributed by atoms with van der Waals surface area (Å²) in [7, 11) is -3.78. The number of benzene rings is 2. The van der Waals surface area contributed by atoms with Crippen LogP contribution in [0.25, 0.3) is 0 Å². The zero-order valence-corrected chi connectivity index (χ0v) is 20.9. The highest BCUT2D eigenvalue weighted by molar-refractivity contribution is 7.92. The largest absolute Gasteiger partial charge is 0.487 e. The molecule has 2 aromatic carbocycles. The van der Waals surface area contributed by atoms with Gasteiger partial charge in [0.05, 0.1) is 28.0 Å². The molecule has 0 unspecified atom stereocenters. The lowest BCUT2D eigenvalue weighted by Crippen LogP contribution is -2.51. The molecule has 2 aromatic rings. The Balaban J connectivity index is 1.92. The first kappa shape index (κ1) is 24.7. The van der Waals surface area contributed by atoms with Crippen molar-refractivity contribution in [2.24, 2.45) is 0 Å². The molecule has 174 valence electrons. The van der Waals surface area contributed by atoms with Crippen molar-refractivity contribution >= 4 is 44.8 Å². The molecule has 0 aromatic heterocycles. The van der Waals surface area contributed by atoms with Gasteiger partial charge in [-0.1, -0.05) is 55.2 Å². The molecule has 1 N–H and O–H groups in total. The maximum Gasteiger partial charge on any atom is 0.244 e. The van der Waals surface area contributed by atoms with E-state index in [1.807, 2.05) is 24.3 Å². The average molecular weight is 499 g/mol. The predicted molar refractivity (Wildman–Crippen MR) is 129 cm³/mol. The molecule has 0 saturated carbocycles. The summed E-state index contributed by atoms with van der Waals surface area (Å²) in [5.74, 6) is 0.328. The number of nitrogens with one attached hydrogen (secondary N) is 1. The monoisotopic (exact) mass is 498 g/mol. The van der Waals surface area contributed by atoms with Gasteiger partial charge in [0.2, 0.25) is 15.9 Å². The summed E-state index contributed by atoms with van der Waals surface area (Å²) in [6, 6.07) is 10.8. The van der Waals surface area contributed by atoms with Crippen molar-refractivity contribution in [1.82, 2.24) is 5.32 Å². The molecule has 1 aliphatic heterocycles. The van der Waals surface area contributed by atoms with Crippen LogP contribution in [0.5, 0.6) is 5.75 Å². The fraction of sp³-hybridized carbons (Fsp3) is 0.435. The Morgan fingerprint density at radius 2 is 1.84 bits per heavy atom. The topological polar surface area (TPSA) is 75.7 Å². The van der Waals surface area contributed by atoms with E-state index in [0.29, 0.717) is 11.4 Å². The highest BCUT2D eigenvalue weighted by Gasteiger charge is 2.40. The molecule has 3 rings (SSSR count). The van der Waals surface area contributed by atoms with Crippen LogP contribution in [0.1, 0.15) is 51.6 Å². The fourth-order valence-corrected chi connectivity index (χ4v) is 5.61. The van der Waals surface area contributed by atoms with Gasteiger partial charge in [0.1, 0.15) is 17.4 Å². The smallest absolute Gasteiger partial charge is 0.244 e. The van der Waals surface area contributed by atoms with E-state index in [1.165, 1.54) is 18.2 Å². The number of carbonyl (C=O) groups excluding carboxylic acids is 1. The maximum absolute atomic E-state index is 13.3. The Bertz CT molecular complexity index is 1100. The van der Waals surface area contributed by atoms with Gasteiger partial charge >= 0.3 is 0 Å². The van der Waals surface area contributed by atoms with Gasteiger partial charge in [0, 0.05) is 12.0 Å². The molecule has 9 heteroatoms. The number of halogens is 2. The first-order chi connectivity index (χ1) is 15.0. The van der Waals surface area contributed by atoms with Crippen molar-refractivity contribution in [2.75, 3.05) is 10.6 Å². The Morgan fingerprint density at radius 1 is 1.19 bits per heavy atom. The lowest BCUT2D eigenvalue weighted by molar-refractivity contribution is -0.123. The molecule has 32 heavy (non-hydrogen) atoms. The van der Waals surface area contributed by atoms with E-state index in [-0.39, 0.29) is 16.8 Å². The summed E-state index contributed by atoms with van der Waals surface area (Å²) in [6.45, 7) is 5.68. The Hall–Kier alpha value is -1.96. The number of nitrogens with zero attached hydrogens (tertiary/aromatic N) is 1. The normalized spacial score (nSPS) is 18.2. The highest BCUT2D eigenvalue weighted by Crippen LogP contribution is 2.42. The minimum absolute atomic E-state index is 0.208. The van der Waals surface area contributed by atoms with Crippen LogP contribution in [-0.2, 0) is 14.8 Å².